The van der Waals surface area contributed by atoms with Crippen molar-refractivity contribution in [2.75, 3.05) is 7.11 Å². The van der Waals surface area contributed by atoms with Crippen molar-refractivity contribution in [2.45, 2.75) is 31.7 Å². The summed E-state index contributed by atoms with van der Waals surface area (Å²) in [5.74, 6) is -0.124. The molecule has 4 nitrogen and oxygen atoms in total. The highest BCUT2D eigenvalue weighted by atomic mass is 16.5. The summed E-state index contributed by atoms with van der Waals surface area (Å²) in [6, 6.07) is 0.177. The first-order valence-corrected chi connectivity index (χ1v) is 4.08. The number of amides is 1. The monoisotopic (exact) mass is 171 g/mol. The number of hydrogen-bond donors (Lipinski definition) is 1. The highest BCUT2D eigenvalue weighted by Crippen LogP contribution is 2.11. The molecule has 1 fully saturated rings. The number of carbonyl (C=O) groups excluding carboxylic acids is 2. The molecule has 1 amide bonds. The second-order valence-electron chi connectivity index (χ2n) is 2.92. The van der Waals surface area contributed by atoms with Crippen molar-refractivity contribution in [3.05, 3.63) is 0 Å². The van der Waals surface area contributed by atoms with Gasteiger partial charge in [-0.1, -0.05) is 0 Å². The zero-order valence-electron chi connectivity index (χ0n) is 7.13. The number of esters is 1. The molecule has 1 saturated heterocycles. The highest BCUT2D eigenvalue weighted by Gasteiger charge is 2.20. The third kappa shape index (κ3) is 2.53. The van der Waals surface area contributed by atoms with Crippen LogP contribution in [0.1, 0.15) is 25.7 Å². The van der Waals surface area contributed by atoms with Gasteiger partial charge in [-0.2, -0.15) is 0 Å². The second-order valence-corrected chi connectivity index (χ2v) is 2.92. The summed E-state index contributed by atoms with van der Waals surface area (Å²) < 4.78 is 4.49. The van der Waals surface area contributed by atoms with Crippen molar-refractivity contribution in [3.63, 3.8) is 0 Å². The first-order valence-electron chi connectivity index (χ1n) is 4.08. The quantitative estimate of drug-likeness (QED) is 0.618. The lowest BCUT2D eigenvalue weighted by molar-refractivity contribution is -0.140. The Balaban J connectivity index is 2.16. The molecular weight excluding hydrogens is 158 g/mol. The zero-order chi connectivity index (χ0) is 8.97. The fourth-order valence-electron chi connectivity index (χ4n) is 1.29. The summed E-state index contributed by atoms with van der Waals surface area (Å²) in [7, 11) is 1.37. The number of rotatable bonds is 3. The van der Waals surface area contributed by atoms with E-state index in [-0.39, 0.29) is 17.9 Å². The van der Waals surface area contributed by atoms with Crippen molar-refractivity contribution < 1.29 is 14.3 Å². The lowest BCUT2D eigenvalue weighted by Crippen LogP contribution is -2.25. The molecule has 1 N–H and O–H groups in total. The van der Waals surface area contributed by atoms with Crippen LogP contribution >= 0.6 is 0 Å². The van der Waals surface area contributed by atoms with Crippen LogP contribution in [0.5, 0.6) is 0 Å². The molecule has 0 bridgehead atoms. The SMILES string of the molecule is COC(=O)CC[C@H]1CCC(=O)N1. The van der Waals surface area contributed by atoms with Crippen molar-refractivity contribution in [1.82, 2.24) is 5.32 Å². The minimum Gasteiger partial charge on any atom is -0.469 e. The molecule has 68 valence electrons. The predicted molar refractivity (Wildman–Crippen MR) is 42.4 cm³/mol. The van der Waals surface area contributed by atoms with Crippen LogP contribution in [0.4, 0.5) is 0 Å². The maximum absolute atomic E-state index is 10.7. The Morgan fingerprint density at radius 3 is 3.00 bits per heavy atom. The number of hydrogen-bond acceptors (Lipinski definition) is 3. The van der Waals surface area contributed by atoms with Gasteiger partial charge in [0.25, 0.3) is 0 Å². The Morgan fingerprint density at radius 1 is 1.75 bits per heavy atom. The van der Waals surface area contributed by atoms with E-state index in [0.717, 1.165) is 6.42 Å². The third-order valence-electron chi connectivity index (χ3n) is 2.01. The fraction of sp³-hybridized carbons (Fsp3) is 0.750. The van der Waals surface area contributed by atoms with E-state index < -0.39 is 0 Å². The van der Waals surface area contributed by atoms with E-state index in [1.807, 2.05) is 0 Å². The van der Waals surface area contributed by atoms with Gasteiger partial charge in [0.2, 0.25) is 5.91 Å². The molecule has 0 unspecified atom stereocenters. The smallest absolute Gasteiger partial charge is 0.305 e. The fourth-order valence-corrected chi connectivity index (χ4v) is 1.29. The van der Waals surface area contributed by atoms with Crippen LogP contribution in [0.15, 0.2) is 0 Å². The average molecular weight is 171 g/mol. The number of carbonyl (C=O) groups is 2. The number of nitrogens with one attached hydrogen (secondary N) is 1. The Labute approximate surface area is 71.3 Å². The maximum atomic E-state index is 10.7. The summed E-state index contributed by atoms with van der Waals surface area (Å²) in [5, 5.41) is 2.79. The van der Waals surface area contributed by atoms with Gasteiger partial charge in [0.15, 0.2) is 0 Å². The van der Waals surface area contributed by atoms with Crippen LogP contribution in [0.2, 0.25) is 0 Å². The first kappa shape index (κ1) is 9.03. The van der Waals surface area contributed by atoms with Gasteiger partial charge in [-0.05, 0) is 12.8 Å². The molecule has 1 rings (SSSR count). The van der Waals surface area contributed by atoms with Gasteiger partial charge >= 0.3 is 5.97 Å². The molecule has 0 aromatic rings. The Kier molecular flexibility index (Phi) is 3.08. The van der Waals surface area contributed by atoms with Gasteiger partial charge in [0.1, 0.15) is 0 Å². The summed E-state index contributed by atoms with van der Waals surface area (Å²) in [6.07, 6.45) is 2.52. The lowest BCUT2D eigenvalue weighted by Gasteiger charge is -2.07. The zero-order valence-corrected chi connectivity index (χ0v) is 7.13. The molecular formula is C8H13NO3. The number of ether oxygens (including phenoxy) is 1. The van der Waals surface area contributed by atoms with E-state index in [2.05, 4.69) is 10.1 Å². The molecule has 0 radical (unpaired) electrons. The molecule has 0 aliphatic carbocycles. The van der Waals surface area contributed by atoms with Crippen LogP contribution in [0, 0.1) is 0 Å². The standard InChI is InChI=1S/C8H13NO3/c1-12-8(11)5-3-6-2-4-7(10)9-6/h6H,2-5H2,1H3,(H,9,10)/t6-/m1/s1. The molecule has 0 aromatic carbocycles. The van der Waals surface area contributed by atoms with E-state index >= 15 is 0 Å². The molecule has 1 heterocycles. The Bertz CT molecular complexity index is 191. The van der Waals surface area contributed by atoms with Gasteiger partial charge in [-0.25, -0.2) is 0 Å². The molecule has 12 heavy (non-hydrogen) atoms. The third-order valence-corrected chi connectivity index (χ3v) is 2.01. The molecule has 4 heteroatoms. The Morgan fingerprint density at radius 2 is 2.50 bits per heavy atom. The van der Waals surface area contributed by atoms with Gasteiger partial charge in [0, 0.05) is 18.9 Å². The first-order chi connectivity index (χ1) is 5.72. The predicted octanol–water partition coefficient (Wildman–Crippen LogP) is 0.218. The second kappa shape index (κ2) is 4.09. The molecule has 0 saturated carbocycles. The van der Waals surface area contributed by atoms with Crippen LogP contribution in [0.25, 0.3) is 0 Å². The van der Waals surface area contributed by atoms with Gasteiger partial charge in [-0.3, -0.25) is 9.59 Å². The number of methoxy groups -OCH3 is 1. The van der Waals surface area contributed by atoms with E-state index in [0.29, 0.717) is 19.3 Å². The summed E-state index contributed by atoms with van der Waals surface area (Å²) >= 11 is 0. The van der Waals surface area contributed by atoms with Gasteiger partial charge in [0.05, 0.1) is 7.11 Å². The molecule has 1 atom stereocenters. The highest BCUT2D eigenvalue weighted by molar-refractivity contribution is 5.78. The molecule has 1 aliphatic heterocycles. The average Bonchev–Trinajstić information content (AvgIpc) is 2.47. The van der Waals surface area contributed by atoms with Crippen LogP contribution in [-0.4, -0.2) is 25.0 Å². The minimum absolute atomic E-state index is 0.0878. The normalized spacial score (nSPS) is 22.1. The van der Waals surface area contributed by atoms with Crippen molar-refractivity contribution in [1.29, 1.82) is 0 Å². The minimum atomic E-state index is -0.212. The van der Waals surface area contributed by atoms with Crippen LogP contribution < -0.4 is 5.32 Å². The summed E-state index contributed by atoms with van der Waals surface area (Å²) in [5.41, 5.74) is 0. The van der Waals surface area contributed by atoms with Crippen LogP contribution in [0.3, 0.4) is 0 Å². The topological polar surface area (TPSA) is 55.4 Å². The van der Waals surface area contributed by atoms with Crippen molar-refractivity contribution in [2.24, 2.45) is 0 Å². The van der Waals surface area contributed by atoms with Gasteiger partial charge < -0.3 is 10.1 Å². The largest absolute Gasteiger partial charge is 0.469 e. The molecule has 0 spiro atoms. The molecule has 0 aromatic heterocycles. The lowest BCUT2D eigenvalue weighted by atomic mass is 10.1. The maximum Gasteiger partial charge on any atom is 0.305 e. The van der Waals surface area contributed by atoms with Crippen molar-refractivity contribution >= 4 is 11.9 Å². The van der Waals surface area contributed by atoms with Crippen LogP contribution in [-0.2, 0) is 14.3 Å². The summed E-state index contributed by atoms with van der Waals surface area (Å²) in [4.78, 5) is 21.5. The van der Waals surface area contributed by atoms with E-state index in [1.54, 1.807) is 0 Å². The van der Waals surface area contributed by atoms with E-state index in [1.165, 1.54) is 7.11 Å². The Hall–Kier alpha value is -1.06. The van der Waals surface area contributed by atoms with Crippen molar-refractivity contribution in [3.8, 4) is 0 Å². The van der Waals surface area contributed by atoms with Gasteiger partial charge in [-0.15, -0.1) is 0 Å². The van der Waals surface area contributed by atoms with E-state index in [9.17, 15) is 9.59 Å². The summed E-state index contributed by atoms with van der Waals surface area (Å²) in [6.45, 7) is 0. The molecule has 1 aliphatic rings. The van der Waals surface area contributed by atoms with E-state index in [4.69, 9.17) is 0 Å².